The minimum absolute atomic E-state index is 0.808. The molecule has 3 nitrogen and oxygen atoms in total. The zero-order chi connectivity index (χ0) is 11.2. The summed E-state index contributed by atoms with van der Waals surface area (Å²) in [6, 6.07) is 1.62. The minimum atomic E-state index is 0.808. The van der Waals surface area contributed by atoms with Crippen LogP contribution in [0.25, 0.3) is 0 Å². The van der Waals surface area contributed by atoms with Crippen LogP contribution in [0.1, 0.15) is 25.7 Å². The number of fused-ring (bicyclic) bond motifs is 6. The van der Waals surface area contributed by atoms with E-state index in [4.69, 9.17) is 0 Å². The lowest BCUT2D eigenvalue weighted by molar-refractivity contribution is 0.0264. The molecule has 17 heavy (non-hydrogen) atoms. The van der Waals surface area contributed by atoms with Crippen LogP contribution in [0, 0.1) is 11.8 Å². The molecular formula is C14H25N3. The average Bonchev–Trinajstić information content (AvgIpc) is 2.41. The quantitative estimate of drug-likeness (QED) is 0.762. The average molecular weight is 235 g/mol. The van der Waals surface area contributed by atoms with E-state index in [9.17, 15) is 0 Å². The fourth-order valence-corrected chi connectivity index (χ4v) is 4.58. The van der Waals surface area contributed by atoms with E-state index >= 15 is 0 Å². The standard InChI is InChI=1S/C14H25N3/c1-5-16-6-2-11(1)13(9-16)15-14-10-17-7-3-12(14)4-8-17/h11-15H,1-10H2. The molecule has 0 aromatic rings. The van der Waals surface area contributed by atoms with Gasteiger partial charge in [0.2, 0.25) is 0 Å². The highest BCUT2D eigenvalue weighted by Crippen LogP contribution is 2.31. The first-order valence-corrected chi connectivity index (χ1v) is 7.59. The molecule has 0 aromatic heterocycles. The van der Waals surface area contributed by atoms with Gasteiger partial charge in [0.05, 0.1) is 0 Å². The third kappa shape index (κ3) is 1.92. The number of piperidine rings is 6. The van der Waals surface area contributed by atoms with E-state index in [0.29, 0.717) is 0 Å². The van der Waals surface area contributed by atoms with Crippen LogP contribution >= 0.6 is 0 Å². The van der Waals surface area contributed by atoms with Crippen LogP contribution in [0.4, 0.5) is 0 Å². The summed E-state index contributed by atoms with van der Waals surface area (Å²) < 4.78 is 0. The summed E-state index contributed by atoms with van der Waals surface area (Å²) in [6.45, 7) is 8.11. The van der Waals surface area contributed by atoms with Crippen molar-refractivity contribution in [2.45, 2.75) is 37.8 Å². The Morgan fingerprint density at radius 3 is 1.35 bits per heavy atom. The summed E-state index contributed by atoms with van der Waals surface area (Å²) in [6.07, 6.45) is 5.77. The number of hydrogen-bond acceptors (Lipinski definition) is 3. The third-order valence-electron chi connectivity index (χ3n) is 5.74. The van der Waals surface area contributed by atoms with Gasteiger partial charge in [0.1, 0.15) is 0 Å². The number of hydrogen-bond donors (Lipinski definition) is 1. The lowest BCUT2D eigenvalue weighted by Gasteiger charge is -2.50. The predicted molar refractivity (Wildman–Crippen MR) is 69.0 cm³/mol. The highest BCUT2D eigenvalue weighted by atomic mass is 15.2. The van der Waals surface area contributed by atoms with Crippen molar-refractivity contribution in [3.63, 3.8) is 0 Å². The molecule has 6 rings (SSSR count). The Morgan fingerprint density at radius 1 is 0.647 bits per heavy atom. The predicted octanol–water partition coefficient (Wildman–Crippen LogP) is 0.764. The maximum absolute atomic E-state index is 4.04. The van der Waals surface area contributed by atoms with Gasteiger partial charge < -0.3 is 15.1 Å². The molecule has 0 amide bonds. The van der Waals surface area contributed by atoms with Crippen molar-refractivity contribution in [3.8, 4) is 0 Å². The van der Waals surface area contributed by atoms with E-state index in [-0.39, 0.29) is 0 Å². The van der Waals surface area contributed by atoms with Crippen molar-refractivity contribution in [2.24, 2.45) is 11.8 Å². The van der Waals surface area contributed by atoms with E-state index in [1.54, 1.807) is 0 Å². The van der Waals surface area contributed by atoms with Crippen LogP contribution in [-0.4, -0.2) is 61.2 Å². The SMILES string of the molecule is C1CN2CCC1C(NC1CN3CCC1CC3)C2. The molecule has 0 spiro atoms. The van der Waals surface area contributed by atoms with Crippen molar-refractivity contribution in [1.82, 2.24) is 15.1 Å². The summed E-state index contributed by atoms with van der Waals surface area (Å²) in [4.78, 5) is 5.33. The smallest absolute Gasteiger partial charge is 0.0227 e. The van der Waals surface area contributed by atoms with Crippen LogP contribution in [0.15, 0.2) is 0 Å². The summed E-state index contributed by atoms with van der Waals surface area (Å²) in [5.74, 6) is 1.96. The first-order valence-electron chi connectivity index (χ1n) is 7.59. The van der Waals surface area contributed by atoms with Gasteiger partial charge in [-0.2, -0.15) is 0 Å². The van der Waals surface area contributed by atoms with Crippen molar-refractivity contribution in [3.05, 3.63) is 0 Å². The zero-order valence-corrected chi connectivity index (χ0v) is 10.8. The Kier molecular flexibility index (Phi) is 2.67. The molecular weight excluding hydrogens is 210 g/mol. The van der Waals surface area contributed by atoms with Gasteiger partial charge in [-0.25, -0.2) is 0 Å². The summed E-state index contributed by atoms with van der Waals surface area (Å²) in [7, 11) is 0. The lowest BCUT2D eigenvalue weighted by atomic mass is 9.80. The summed E-state index contributed by atoms with van der Waals surface area (Å²) in [5.41, 5.74) is 0. The number of nitrogens with one attached hydrogen (secondary N) is 1. The highest BCUT2D eigenvalue weighted by molar-refractivity contribution is 4.97. The third-order valence-corrected chi connectivity index (χ3v) is 5.74. The Hall–Kier alpha value is -0.120. The second kappa shape index (κ2) is 4.22. The molecule has 2 atom stereocenters. The minimum Gasteiger partial charge on any atom is -0.308 e. The fraction of sp³-hybridized carbons (Fsp3) is 1.00. The van der Waals surface area contributed by atoms with Gasteiger partial charge in [0, 0.05) is 25.2 Å². The molecule has 0 radical (unpaired) electrons. The molecule has 0 aliphatic carbocycles. The highest BCUT2D eigenvalue weighted by Gasteiger charge is 2.39. The zero-order valence-electron chi connectivity index (χ0n) is 10.8. The van der Waals surface area contributed by atoms with E-state index < -0.39 is 0 Å². The van der Waals surface area contributed by atoms with Gasteiger partial charge in [-0.1, -0.05) is 0 Å². The fourth-order valence-electron chi connectivity index (χ4n) is 4.58. The van der Waals surface area contributed by atoms with Crippen molar-refractivity contribution in [1.29, 1.82) is 0 Å². The molecule has 6 heterocycles. The molecule has 6 fully saturated rings. The molecule has 6 aliphatic heterocycles. The van der Waals surface area contributed by atoms with E-state index in [0.717, 1.165) is 23.9 Å². The topological polar surface area (TPSA) is 18.5 Å². The Balaban J connectivity index is 1.41. The lowest BCUT2D eigenvalue weighted by Crippen LogP contribution is -2.63. The van der Waals surface area contributed by atoms with E-state index in [2.05, 4.69) is 15.1 Å². The Morgan fingerprint density at radius 2 is 1.06 bits per heavy atom. The number of nitrogens with zero attached hydrogens (tertiary/aromatic N) is 2. The maximum Gasteiger partial charge on any atom is 0.0227 e. The van der Waals surface area contributed by atoms with Crippen LogP contribution in [0.5, 0.6) is 0 Å². The van der Waals surface area contributed by atoms with Crippen LogP contribution in [0.3, 0.4) is 0 Å². The van der Waals surface area contributed by atoms with Gasteiger partial charge >= 0.3 is 0 Å². The molecule has 4 bridgehead atoms. The molecule has 1 N–H and O–H groups in total. The summed E-state index contributed by atoms with van der Waals surface area (Å²) in [5, 5.41) is 4.04. The number of rotatable bonds is 2. The van der Waals surface area contributed by atoms with Gasteiger partial charge in [0.15, 0.2) is 0 Å². The molecule has 6 saturated heterocycles. The molecule has 0 aromatic carbocycles. The molecule has 96 valence electrons. The van der Waals surface area contributed by atoms with Crippen molar-refractivity contribution >= 4 is 0 Å². The normalized spacial score (nSPS) is 52.9. The Labute approximate surface area is 105 Å². The Bertz CT molecular complexity index is 249. The monoisotopic (exact) mass is 235 g/mol. The first-order chi connectivity index (χ1) is 8.38. The van der Waals surface area contributed by atoms with Crippen molar-refractivity contribution in [2.75, 3.05) is 39.3 Å². The second-order valence-corrected chi connectivity index (χ2v) is 6.66. The largest absolute Gasteiger partial charge is 0.308 e. The van der Waals surface area contributed by atoms with Crippen molar-refractivity contribution < 1.29 is 0 Å². The van der Waals surface area contributed by atoms with E-state index in [1.807, 2.05) is 0 Å². The molecule has 0 saturated carbocycles. The summed E-state index contributed by atoms with van der Waals surface area (Å²) >= 11 is 0. The van der Waals surface area contributed by atoms with Gasteiger partial charge in [-0.3, -0.25) is 0 Å². The van der Waals surface area contributed by atoms with Crippen LogP contribution in [0.2, 0.25) is 0 Å². The van der Waals surface area contributed by atoms with Gasteiger partial charge in [0.25, 0.3) is 0 Å². The molecule has 2 unspecified atom stereocenters. The second-order valence-electron chi connectivity index (χ2n) is 6.66. The molecule has 6 aliphatic rings. The van der Waals surface area contributed by atoms with Gasteiger partial charge in [-0.15, -0.1) is 0 Å². The molecule has 3 heteroatoms. The van der Waals surface area contributed by atoms with E-state index in [1.165, 1.54) is 65.0 Å². The van der Waals surface area contributed by atoms with Crippen LogP contribution in [-0.2, 0) is 0 Å². The first kappa shape index (κ1) is 10.8. The maximum atomic E-state index is 4.04. The van der Waals surface area contributed by atoms with Gasteiger partial charge in [-0.05, 0) is 63.7 Å². The van der Waals surface area contributed by atoms with Crippen LogP contribution < -0.4 is 5.32 Å².